The van der Waals surface area contributed by atoms with Crippen LogP contribution in [0.3, 0.4) is 0 Å². The molecule has 0 aliphatic carbocycles. The van der Waals surface area contributed by atoms with Gasteiger partial charge in [-0.1, -0.05) is 67.9 Å². The Bertz CT molecular complexity index is 425. The van der Waals surface area contributed by atoms with Gasteiger partial charge in [-0.05, 0) is 36.0 Å². The molecule has 17 heavy (non-hydrogen) atoms. The maximum absolute atomic E-state index is 2.27. The van der Waals surface area contributed by atoms with Crippen LogP contribution in [-0.4, -0.2) is 0 Å². The molecule has 0 atom stereocenters. The average molecular weight is 224 g/mol. The van der Waals surface area contributed by atoms with Crippen molar-refractivity contribution >= 4 is 0 Å². The van der Waals surface area contributed by atoms with Gasteiger partial charge in [0.15, 0.2) is 0 Å². The molecule has 0 aliphatic rings. The molecule has 88 valence electrons. The van der Waals surface area contributed by atoms with Crippen LogP contribution >= 0.6 is 0 Å². The molecule has 0 heteroatoms. The van der Waals surface area contributed by atoms with Crippen molar-refractivity contribution in [3.8, 4) is 0 Å². The average Bonchev–Trinajstić information content (AvgIpc) is 2.40. The second kappa shape index (κ2) is 6.24. The van der Waals surface area contributed by atoms with E-state index in [-0.39, 0.29) is 0 Å². The third-order valence-electron chi connectivity index (χ3n) is 3.11. The lowest BCUT2D eigenvalue weighted by Gasteiger charge is -2.04. The van der Waals surface area contributed by atoms with Crippen molar-refractivity contribution in [1.82, 2.24) is 0 Å². The van der Waals surface area contributed by atoms with E-state index in [1.54, 1.807) is 0 Å². The Kier molecular flexibility index (Phi) is 4.37. The maximum Gasteiger partial charge on any atom is -0.0238 e. The van der Waals surface area contributed by atoms with Crippen molar-refractivity contribution < 1.29 is 0 Å². The second-order valence-electron chi connectivity index (χ2n) is 4.55. The third-order valence-corrected chi connectivity index (χ3v) is 3.11. The minimum absolute atomic E-state index is 1.13. The molecule has 0 amide bonds. The van der Waals surface area contributed by atoms with Crippen molar-refractivity contribution in [3.05, 3.63) is 71.3 Å². The number of benzene rings is 2. The Morgan fingerprint density at radius 2 is 1.06 bits per heavy atom. The molecular formula is C17H20. The Balaban J connectivity index is 1.91. The van der Waals surface area contributed by atoms with E-state index in [0.29, 0.717) is 0 Å². The van der Waals surface area contributed by atoms with Gasteiger partial charge in [-0.3, -0.25) is 0 Å². The van der Waals surface area contributed by atoms with Crippen molar-refractivity contribution in [2.75, 3.05) is 0 Å². The van der Waals surface area contributed by atoms with Gasteiger partial charge in [-0.2, -0.15) is 0 Å². The van der Waals surface area contributed by atoms with Gasteiger partial charge in [0.2, 0.25) is 0 Å². The summed E-state index contributed by atoms with van der Waals surface area (Å²) in [6, 6.07) is 19.8. The lowest BCUT2D eigenvalue weighted by molar-refractivity contribution is 0.914. The predicted molar refractivity (Wildman–Crippen MR) is 74.3 cm³/mol. The molecule has 0 saturated carbocycles. The summed E-state index contributed by atoms with van der Waals surface area (Å²) in [7, 11) is 0. The zero-order chi connectivity index (χ0) is 11.9. The van der Waals surface area contributed by atoms with Crippen molar-refractivity contribution in [2.24, 2.45) is 0 Å². The number of rotatable bonds is 5. The van der Waals surface area contributed by atoms with E-state index in [2.05, 4.69) is 61.5 Å². The monoisotopic (exact) mass is 224 g/mol. The van der Waals surface area contributed by atoms with Gasteiger partial charge < -0.3 is 0 Å². The van der Waals surface area contributed by atoms with Gasteiger partial charge in [0, 0.05) is 0 Å². The highest BCUT2D eigenvalue weighted by molar-refractivity contribution is 5.24. The minimum atomic E-state index is 1.13. The molecule has 2 aromatic carbocycles. The molecule has 2 aromatic rings. The van der Waals surface area contributed by atoms with Crippen LogP contribution in [0, 0.1) is 0 Å². The number of hydrogen-bond acceptors (Lipinski definition) is 0. The van der Waals surface area contributed by atoms with Crippen LogP contribution in [0.2, 0.25) is 0 Å². The molecule has 0 N–H and O–H groups in total. The molecular weight excluding hydrogens is 204 g/mol. The summed E-state index contributed by atoms with van der Waals surface area (Å²) in [5, 5.41) is 0. The third kappa shape index (κ3) is 3.74. The van der Waals surface area contributed by atoms with Crippen molar-refractivity contribution in [2.45, 2.75) is 32.6 Å². The highest BCUT2D eigenvalue weighted by atomic mass is 14.0. The van der Waals surface area contributed by atoms with E-state index < -0.39 is 0 Å². The summed E-state index contributed by atoms with van der Waals surface area (Å²) in [5.74, 6) is 0. The topological polar surface area (TPSA) is 0 Å². The largest absolute Gasteiger partial charge is 0.0651 e. The van der Waals surface area contributed by atoms with Crippen LogP contribution in [0.1, 0.15) is 30.0 Å². The lowest BCUT2D eigenvalue weighted by atomic mass is 10.0. The zero-order valence-corrected chi connectivity index (χ0v) is 10.5. The first-order chi connectivity index (χ1) is 8.38. The van der Waals surface area contributed by atoms with E-state index in [1.165, 1.54) is 29.5 Å². The molecule has 0 heterocycles. The Labute approximate surface area is 104 Å². The molecule has 0 fully saturated rings. The fourth-order valence-corrected chi connectivity index (χ4v) is 2.09. The molecule has 0 radical (unpaired) electrons. The van der Waals surface area contributed by atoms with Crippen molar-refractivity contribution in [3.63, 3.8) is 0 Å². The summed E-state index contributed by atoms with van der Waals surface area (Å²) in [6.07, 6.45) is 4.69. The first-order valence-corrected chi connectivity index (χ1v) is 6.50. The zero-order valence-electron chi connectivity index (χ0n) is 10.5. The molecule has 0 saturated heterocycles. The minimum Gasteiger partial charge on any atom is -0.0651 e. The van der Waals surface area contributed by atoms with Gasteiger partial charge in [0.05, 0.1) is 0 Å². The van der Waals surface area contributed by atoms with E-state index in [1.807, 2.05) is 0 Å². The maximum atomic E-state index is 2.27. The smallest absolute Gasteiger partial charge is 0.0238 e. The lowest BCUT2D eigenvalue weighted by Crippen LogP contribution is -1.91. The van der Waals surface area contributed by atoms with E-state index in [9.17, 15) is 0 Å². The Hall–Kier alpha value is -1.56. The van der Waals surface area contributed by atoms with Crippen LogP contribution in [0.15, 0.2) is 54.6 Å². The van der Waals surface area contributed by atoms with Crippen LogP contribution in [0.5, 0.6) is 0 Å². The number of aryl methyl sites for hydroxylation is 3. The summed E-state index contributed by atoms with van der Waals surface area (Å²) >= 11 is 0. The van der Waals surface area contributed by atoms with Crippen LogP contribution in [0.4, 0.5) is 0 Å². The van der Waals surface area contributed by atoms with Gasteiger partial charge in [-0.25, -0.2) is 0 Å². The molecule has 0 spiro atoms. The quantitative estimate of drug-likeness (QED) is 0.705. The second-order valence-corrected chi connectivity index (χ2v) is 4.55. The predicted octanol–water partition coefficient (Wildman–Crippen LogP) is 4.42. The van der Waals surface area contributed by atoms with Gasteiger partial charge in [0.1, 0.15) is 0 Å². The Morgan fingerprint density at radius 3 is 1.59 bits per heavy atom. The van der Waals surface area contributed by atoms with Crippen LogP contribution in [-0.2, 0) is 19.3 Å². The summed E-state index contributed by atoms with van der Waals surface area (Å²) in [4.78, 5) is 0. The summed E-state index contributed by atoms with van der Waals surface area (Å²) in [6.45, 7) is 2.23. The van der Waals surface area contributed by atoms with Gasteiger partial charge in [0.25, 0.3) is 0 Å². The number of hydrogen-bond donors (Lipinski definition) is 0. The molecule has 0 aliphatic heterocycles. The SMILES string of the molecule is CCCc1ccc(CCc2ccccc2)cc1. The van der Waals surface area contributed by atoms with E-state index in [0.717, 1.165) is 12.8 Å². The van der Waals surface area contributed by atoms with E-state index in [4.69, 9.17) is 0 Å². The highest BCUT2D eigenvalue weighted by Crippen LogP contribution is 2.10. The standard InChI is InChI=1S/C17H20/c1-2-6-15-9-12-17(13-10-15)14-11-16-7-4-3-5-8-16/h3-5,7-10,12-13H,2,6,11,14H2,1H3. The van der Waals surface area contributed by atoms with Gasteiger partial charge >= 0.3 is 0 Å². The molecule has 0 unspecified atom stereocenters. The molecule has 0 bridgehead atoms. The fraction of sp³-hybridized carbons (Fsp3) is 0.294. The fourth-order valence-electron chi connectivity index (χ4n) is 2.09. The summed E-state index contributed by atoms with van der Waals surface area (Å²) < 4.78 is 0. The van der Waals surface area contributed by atoms with E-state index >= 15 is 0 Å². The van der Waals surface area contributed by atoms with Gasteiger partial charge in [-0.15, -0.1) is 0 Å². The highest BCUT2D eigenvalue weighted by Gasteiger charge is 1.96. The molecule has 0 nitrogen and oxygen atoms in total. The van der Waals surface area contributed by atoms with Crippen LogP contribution in [0.25, 0.3) is 0 Å². The normalized spacial score (nSPS) is 10.4. The summed E-state index contributed by atoms with van der Waals surface area (Å²) in [5.41, 5.74) is 4.31. The molecule has 2 rings (SSSR count). The first-order valence-electron chi connectivity index (χ1n) is 6.50. The first kappa shape index (κ1) is 11.9. The van der Waals surface area contributed by atoms with Crippen molar-refractivity contribution in [1.29, 1.82) is 0 Å². The van der Waals surface area contributed by atoms with Crippen LogP contribution < -0.4 is 0 Å². The molecule has 0 aromatic heterocycles. The Morgan fingerprint density at radius 1 is 0.588 bits per heavy atom.